The normalized spacial score (nSPS) is 22.0. The molecule has 0 spiro atoms. The van der Waals surface area contributed by atoms with Crippen LogP contribution in [0.15, 0.2) is 47.2 Å². The summed E-state index contributed by atoms with van der Waals surface area (Å²) in [5, 5.41) is 20.0. The van der Waals surface area contributed by atoms with Gasteiger partial charge in [-0.15, -0.1) is 0 Å². The zero-order valence-corrected chi connectivity index (χ0v) is 20.6. The highest BCUT2D eigenvalue weighted by molar-refractivity contribution is 5.56. The number of aliphatic hydroxyl groups is 1. The van der Waals surface area contributed by atoms with Crippen molar-refractivity contribution < 1.29 is 9.63 Å². The van der Waals surface area contributed by atoms with Gasteiger partial charge in [-0.3, -0.25) is 4.98 Å². The Morgan fingerprint density at radius 2 is 1.97 bits per heavy atom. The maximum absolute atomic E-state index is 12.4. The van der Waals surface area contributed by atoms with Gasteiger partial charge in [0.1, 0.15) is 5.60 Å². The van der Waals surface area contributed by atoms with E-state index >= 15 is 0 Å². The lowest BCUT2D eigenvalue weighted by Crippen LogP contribution is -2.63. The van der Waals surface area contributed by atoms with Gasteiger partial charge in [-0.25, -0.2) is 0 Å². The Balaban J connectivity index is 1.50. The van der Waals surface area contributed by atoms with Crippen LogP contribution in [-0.2, 0) is 12.0 Å². The highest BCUT2D eigenvalue weighted by Crippen LogP contribution is 2.50. The fourth-order valence-electron chi connectivity index (χ4n) is 5.70. The van der Waals surface area contributed by atoms with Crippen LogP contribution in [0.1, 0.15) is 55.7 Å². The fourth-order valence-corrected chi connectivity index (χ4v) is 5.70. The van der Waals surface area contributed by atoms with Crippen LogP contribution >= 0.6 is 0 Å². The summed E-state index contributed by atoms with van der Waals surface area (Å²) >= 11 is 0. The van der Waals surface area contributed by atoms with Gasteiger partial charge in [0.05, 0.1) is 0 Å². The van der Waals surface area contributed by atoms with Crippen molar-refractivity contribution in [1.82, 2.24) is 25.3 Å². The second kappa shape index (κ2) is 8.87. The van der Waals surface area contributed by atoms with E-state index in [-0.39, 0.29) is 5.41 Å². The second-order valence-corrected chi connectivity index (χ2v) is 10.8. The van der Waals surface area contributed by atoms with E-state index < -0.39 is 5.60 Å². The number of nitrogens with one attached hydrogen (secondary N) is 1. The molecule has 2 unspecified atom stereocenters. The number of likely N-dealkylation sites (tertiary alicyclic amines) is 1. The van der Waals surface area contributed by atoms with Crippen molar-refractivity contribution in [2.24, 2.45) is 11.3 Å². The van der Waals surface area contributed by atoms with Gasteiger partial charge in [0.2, 0.25) is 11.7 Å². The molecule has 2 saturated heterocycles. The average Bonchev–Trinajstić information content (AvgIpc) is 3.50. The first-order valence-corrected chi connectivity index (χ1v) is 12.3. The molecule has 180 valence electrons. The summed E-state index contributed by atoms with van der Waals surface area (Å²) in [4.78, 5) is 11.4. The number of benzene rings is 1. The fraction of sp³-hybridized carbons (Fsp3) is 0.519. The zero-order valence-electron chi connectivity index (χ0n) is 20.6. The van der Waals surface area contributed by atoms with E-state index in [0.717, 1.165) is 55.7 Å². The van der Waals surface area contributed by atoms with Crippen LogP contribution in [0, 0.1) is 11.3 Å². The van der Waals surface area contributed by atoms with E-state index in [1.54, 1.807) is 12.4 Å². The van der Waals surface area contributed by atoms with E-state index in [9.17, 15) is 5.11 Å². The van der Waals surface area contributed by atoms with Crippen LogP contribution in [-0.4, -0.2) is 58.4 Å². The van der Waals surface area contributed by atoms with E-state index in [4.69, 9.17) is 4.52 Å². The van der Waals surface area contributed by atoms with E-state index in [1.165, 1.54) is 5.56 Å². The number of nitrogens with zero attached hydrogens (tertiary/aromatic N) is 4. The van der Waals surface area contributed by atoms with Crippen LogP contribution in [0.5, 0.6) is 0 Å². The molecule has 2 fully saturated rings. The summed E-state index contributed by atoms with van der Waals surface area (Å²) in [7, 11) is 2.08. The summed E-state index contributed by atoms with van der Waals surface area (Å²) < 4.78 is 5.55. The molecule has 34 heavy (non-hydrogen) atoms. The van der Waals surface area contributed by atoms with Gasteiger partial charge >= 0.3 is 0 Å². The molecule has 7 nitrogen and oxygen atoms in total. The van der Waals surface area contributed by atoms with Crippen molar-refractivity contribution in [2.45, 2.75) is 45.1 Å². The van der Waals surface area contributed by atoms with Crippen LogP contribution in [0.4, 0.5) is 0 Å². The number of hydrogen-bond acceptors (Lipinski definition) is 7. The van der Waals surface area contributed by atoms with Crippen LogP contribution in [0.3, 0.4) is 0 Å². The van der Waals surface area contributed by atoms with Crippen molar-refractivity contribution >= 4 is 0 Å². The van der Waals surface area contributed by atoms with Gasteiger partial charge in [0, 0.05) is 48.4 Å². The zero-order chi connectivity index (χ0) is 23.9. The molecule has 0 amide bonds. The molecule has 2 atom stereocenters. The summed E-state index contributed by atoms with van der Waals surface area (Å²) in [6.07, 6.45) is 5.43. The monoisotopic (exact) mass is 461 g/mol. The summed E-state index contributed by atoms with van der Waals surface area (Å²) in [5.41, 5.74) is 2.11. The molecule has 0 aliphatic carbocycles. The van der Waals surface area contributed by atoms with Gasteiger partial charge in [-0.2, -0.15) is 4.98 Å². The molecule has 0 radical (unpaired) electrons. The molecule has 4 heterocycles. The average molecular weight is 462 g/mol. The van der Waals surface area contributed by atoms with Crippen molar-refractivity contribution in [2.75, 3.05) is 33.2 Å². The summed E-state index contributed by atoms with van der Waals surface area (Å²) in [6, 6.07) is 10.3. The van der Waals surface area contributed by atoms with Crippen LogP contribution in [0.25, 0.3) is 11.4 Å². The Labute approximate surface area is 201 Å². The van der Waals surface area contributed by atoms with Crippen molar-refractivity contribution in [3.63, 3.8) is 0 Å². The molecule has 7 heteroatoms. The molecule has 2 N–H and O–H groups in total. The molecular weight excluding hydrogens is 426 g/mol. The lowest BCUT2D eigenvalue weighted by molar-refractivity contribution is -0.127. The first-order chi connectivity index (χ1) is 16.3. The lowest BCUT2D eigenvalue weighted by Gasteiger charge is -2.55. The minimum Gasteiger partial charge on any atom is -0.380 e. The Kier molecular flexibility index (Phi) is 6.04. The van der Waals surface area contributed by atoms with Gasteiger partial charge < -0.3 is 19.8 Å². The number of rotatable bonds is 7. The standard InChI is InChI=1S/C27H35N5O2/c1-18(2)20-5-7-22(8-6-20)27(33,26(3)16-32(4)17-26)23-12-21(14-29-15-23)25-30-24(34-31-25)11-19-9-10-28-13-19/h5-8,12,14-15,18-19,28,33H,9-11,13,16-17H2,1-4H3. The highest BCUT2D eigenvalue weighted by atomic mass is 16.5. The summed E-state index contributed by atoms with van der Waals surface area (Å²) in [6.45, 7) is 10.1. The summed E-state index contributed by atoms with van der Waals surface area (Å²) in [5.74, 6) is 2.14. The number of aromatic nitrogens is 3. The van der Waals surface area contributed by atoms with Gasteiger partial charge in [-0.1, -0.05) is 50.2 Å². The van der Waals surface area contributed by atoms with Crippen molar-refractivity contribution in [3.05, 3.63) is 65.3 Å². The Hall–Kier alpha value is -2.61. The predicted molar refractivity (Wildman–Crippen MR) is 131 cm³/mol. The topological polar surface area (TPSA) is 87.3 Å². The molecule has 2 aromatic heterocycles. The maximum atomic E-state index is 12.4. The van der Waals surface area contributed by atoms with Crippen LogP contribution in [0.2, 0.25) is 0 Å². The molecule has 3 aromatic rings. The lowest BCUT2D eigenvalue weighted by atomic mass is 9.62. The first-order valence-electron chi connectivity index (χ1n) is 12.3. The molecule has 0 bridgehead atoms. The minimum atomic E-state index is -1.19. The third-order valence-electron chi connectivity index (χ3n) is 7.61. The molecule has 1 aromatic carbocycles. The molecular formula is C27H35N5O2. The largest absolute Gasteiger partial charge is 0.380 e. The highest BCUT2D eigenvalue weighted by Gasteiger charge is 2.55. The SMILES string of the molecule is CC(C)c1ccc(C(O)(c2cncc(-c3noc(CC4CCNC4)n3)c2)C2(C)CN(C)C2)cc1. The van der Waals surface area contributed by atoms with Gasteiger partial charge in [0.25, 0.3) is 0 Å². The van der Waals surface area contributed by atoms with Gasteiger partial charge in [-0.05, 0) is 55.6 Å². The van der Waals surface area contributed by atoms with Crippen molar-refractivity contribution in [3.8, 4) is 11.4 Å². The smallest absolute Gasteiger partial charge is 0.227 e. The Bertz CT molecular complexity index is 1130. The minimum absolute atomic E-state index is 0.348. The van der Waals surface area contributed by atoms with E-state index in [1.807, 2.05) is 6.07 Å². The van der Waals surface area contributed by atoms with Crippen LogP contribution < -0.4 is 5.32 Å². The second-order valence-electron chi connectivity index (χ2n) is 10.8. The van der Waals surface area contributed by atoms with Gasteiger partial charge in [0.15, 0.2) is 0 Å². The molecule has 5 rings (SSSR count). The Morgan fingerprint density at radius 3 is 2.62 bits per heavy atom. The molecule has 2 aliphatic heterocycles. The number of pyridine rings is 1. The number of hydrogen-bond donors (Lipinski definition) is 2. The third kappa shape index (κ3) is 4.06. The maximum Gasteiger partial charge on any atom is 0.227 e. The van der Waals surface area contributed by atoms with E-state index in [2.05, 4.69) is 77.4 Å². The van der Waals surface area contributed by atoms with Crippen molar-refractivity contribution in [1.29, 1.82) is 0 Å². The Morgan fingerprint density at radius 1 is 1.21 bits per heavy atom. The first kappa shape index (κ1) is 23.1. The predicted octanol–water partition coefficient (Wildman–Crippen LogP) is 3.59. The quantitative estimate of drug-likeness (QED) is 0.556. The molecule has 0 saturated carbocycles. The third-order valence-corrected chi connectivity index (χ3v) is 7.61. The molecule has 2 aliphatic rings. The van der Waals surface area contributed by atoms with E-state index in [0.29, 0.717) is 23.6 Å².